The molecule has 1 N–H and O–H groups in total. The first-order chi connectivity index (χ1) is 7.50. The Morgan fingerprint density at radius 3 is 2.44 bits per heavy atom. The van der Waals surface area contributed by atoms with Crippen molar-refractivity contribution in [1.82, 2.24) is 0 Å². The molecule has 0 saturated heterocycles. The van der Waals surface area contributed by atoms with E-state index in [2.05, 4.69) is 0 Å². The fourth-order valence-electron chi connectivity index (χ4n) is 1.17. The van der Waals surface area contributed by atoms with Crippen LogP contribution in [0.1, 0.15) is 24.1 Å². The predicted octanol–water partition coefficient (Wildman–Crippen LogP) is 2.12. The summed E-state index contributed by atoms with van der Waals surface area (Å²) in [4.78, 5) is 20.4. The van der Waals surface area contributed by atoms with Gasteiger partial charge in [0, 0.05) is 23.5 Å². The molecule has 0 spiro atoms. The number of nitro groups is 1. The zero-order valence-corrected chi connectivity index (χ0v) is 8.66. The fourth-order valence-corrected chi connectivity index (χ4v) is 1.17. The lowest BCUT2D eigenvalue weighted by Crippen LogP contribution is -2.05. The van der Waals surface area contributed by atoms with Crippen LogP contribution in [0, 0.1) is 10.1 Å². The molecule has 16 heavy (non-hydrogen) atoms. The Morgan fingerprint density at radius 2 is 2.00 bits per heavy atom. The van der Waals surface area contributed by atoms with Crippen molar-refractivity contribution in [3.8, 4) is 0 Å². The first-order valence-electron chi connectivity index (χ1n) is 4.65. The van der Waals surface area contributed by atoms with Crippen LogP contribution in [-0.2, 0) is 4.79 Å². The summed E-state index contributed by atoms with van der Waals surface area (Å²) in [6.45, 7) is 1.50. The maximum atomic E-state index is 10.5. The highest BCUT2D eigenvalue weighted by molar-refractivity contribution is 5.85. The standard InChI is InChI=1S/C11H11NO4/c1-8(12(15)16)10-5-2-9(3-6-10)4-7-11(13)14/h2-8H,1H3,(H,13,14)/b7-4+. The number of carboxylic acid groups (broad SMARTS) is 1. The van der Waals surface area contributed by atoms with Crippen molar-refractivity contribution in [1.29, 1.82) is 0 Å². The lowest BCUT2D eigenvalue weighted by molar-refractivity contribution is -0.524. The second kappa shape index (κ2) is 5.06. The van der Waals surface area contributed by atoms with Crippen molar-refractivity contribution in [2.75, 3.05) is 0 Å². The van der Waals surface area contributed by atoms with E-state index >= 15 is 0 Å². The molecule has 1 aromatic carbocycles. The summed E-state index contributed by atoms with van der Waals surface area (Å²) >= 11 is 0. The lowest BCUT2D eigenvalue weighted by atomic mass is 10.1. The van der Waals surface area contributed by atoms with Crippen LogP contribution < -0.4 is 0 Å². The van der Waals surface area contributed by atoms with E-state index in [-0.39, 0.29) is 4.92 Å². The molecule has 5 nitrogen and oxygen atoms in total. The number of hydrogen-bond acceptors (Lipinski definition) is 3. The molecule has 0 radical (unpaired) electrons. The second-order valence-corrected chi connectivity index (χ2v) is 3.30. The summed E-state index contributed by atoms with van der Waals surface area (Å²) < 4.78 is 0. The van der Waals surface area contributed by atoms with Gasteiger partial charge in [0.05, 0.1) is 0 Å². The molecule has 0 saturated carbocycles. The first kappa shape index (κ1) is 11.9. The van der Waals surface area contributed by atoms with Crippen LogP contribution in [0.2, 0.25) is 0 Å². The smallest absolute Gasteiger partial charge is 0.328 e. The Kier molecular flexibility index (Phi) is 3.77. The van der Waals surface area contributed by atoms with Crippen LogP contribution in [0.15, 0.2) is 30.3 Å². The number of rotatable bonds is 4. The van der Waals surface area contributed by atoms with E-state index in [9.17, 15) is 14.9 Å². The molecule has 1 rings (SSSR count). The van der Waals surface area contributed by atoms with Gasteiger partial charge in [-0.2, -0.15) is 0 Å². The third kappa shape index (κ3) is 3.20. The van der Waals surface area contributed by atoms with E-state index in [1.165, 1.54) is 13.0 Å². The normalized spacial score (nSPS) is 12.6. The van der Waals surface area contributed by atoms with Crippen LogP contribution in [-0.4, -0.2) is 16.0 Å². The van der Waals surface area contributed by atoms with Gasteiger partial charge in [-0.15, -0.1) is 0 Å². The van der Waals surface area contributed by atoms with Gasteiger partial charge in [0.2, 0.25) is 6.04 Å². The maximum absolute atomic E-state index is 10.5. The van der Waals surface area contributed by atoms with E-state index in [0.29, 0.717) is 11.1 Å². The molecular weight excluding hydrogens is 210 g/mol. The average molecular weight is 221 g/mol. The summed E-state index contributed by atoms with van der Waals surface area (Å²) in [6, 6.07) is 5.78. The van der Waals surface area contributed by atoms with Gasteiger partial charge in [-0.3, -0.25) is 10.1 Å². The Hall–Kier alpha value is -2.17. The number of carbonyl (C=O) groups is 1. The van der Waals surface area contributed by atoms with Gasteiger partial charge in [-0.25, -0.2) is 4.79 Å². The van der Waals surface area contributed by atoms with Crippen LogP contribution in [0.3, 0.4) is 0 Å². The molecule has 0 fully saturated rings. The first-order valence-corrected chi connectivity index (χ1v) is 4.65. The molecule has 1 aromatic rings. The van der Waals surface area contributed by atoms with Crippen LogP contribution in [0.4, 0.5) is 0 Å². The quantitative estimate of drug-likeness (QED) is 0.479. The molecule has 84 valence electrons. The van der Waals surface area contributed by atoms with E-state index < -0.39 is 12.0 Å². The van der Waals surface area contributed by atoms with Gasteiger partial charge in [-0.1, -0.05) is 24.3 Å². The Bertz CT molecular complexity index is 422. The highest BCUT2D eigenvalue weighted by atomic mass is 16.6. The van der Waals surface area contributed by atoms with Crippen molar-refractivity contribution in [3.05, 3.63) is 51.6 Å². The van der Waals surface area contributed by atoms with E-state index in [0.717, 1.165) is 6.08 Å². The summed E-state index contributed by atoms with van der Waals surface area (Å²) in [5.74, 6) is -1.03. The molecule has 0 aliphatic heterocycles. The minimum absolute atomic E-state index is 0.373. The van der Waals surface area contributed by atoms with Crippen molar-refractivity contribution in [2.24, 2.45) is 0 Å². The van der Waals surface area contributed by atoms with Gasteiger partial charge in [0.25, 0.3) is 0 Å². The molecule has 0 heterocycles. The largest absolute Gasteiger partial charge is 0.478 e. The van der Waals surface area contributed by atoms with Crippen molar-refractivity contribution < 1.29 is 14.8 Å². The number of benzene rings is 1. The second-order valence-electron chi connectivity index (χ2n) is 3.30. The van der Waals surface area contributed by atoms with Gasteiger partial charge in [0.15, 0.2) is 0 Å². The van der Waals surface area contributed by atoms with E-state index in [1.54, 1.807) is 24.3 Å². The van der Waals surface area contributed by atoms with Crippen LogP contribution >= 0.6 is 0 Å². The van der Waals surface area contributed by atoms with E-state index in [4.69, 9.17) is 5.11 Å². The third-order valence-electron chi connectivity index (χ3n) is 2.15. The topological polar surface area (TPSA) is 80.4 Å². The van der Waals surface area contributed by atoms with Crippen molar-refractivity contribution in [2.45, 2.75) is 13.0 Å². The summed E-state index contributed by atoms with van der Waals surface area (Å²) in [5, 5.41) is 18.9. The molecule has 5 heteroatoms. The van der Waals surface area contributed by atoms with Crippen LogP contribution in [0.25, 0.3) is 6.08 Å². The molecular formula is C11H11NO4. The van der Waals surface area contributed by atoms with E-state index in [1.807, 2.05) is 0 Å². The maximum Gasteiger partial charge on any atom is 0.328 e. The number of carboxylic acids is 1. The monoisotopic (exact) mass is 221 g/mol. The van der Waals surface area contributed by atoms with Gasteiger partial charge in [0.1, 0.15) is 0 Å². The summed E-state index contributed by atoms with van der Waals surface area (Å²) in [7, 11) is 0. The lowest BCUT2D eigenvalue weighted by Gasteiger charge is -2.03. The Labute approximate surface area is 92.2 Å². The third-order valence-corrected chi connectivity index (χ3v) is 2.15. The number of nitrogens with zero attached hydrogens (tertiary/aromatic N) is 1. The summed E-state index contributed by atoms with van der Waals surface area (Å²) in [5.41, 5.74) is 1.29. The zero-order chi connectivity index (χ0) is 12.1. The molecule has 0 aromatic heterocycles. The predicted molar refractivity (Wildman–Crippen MR) is 58.5 cm³/mol. The molecule has 1 unspecified atom stereocenters. The van der Waals surface area contributed by atoms with Crippen molar-refractivity contribution in [3.63, 3.8) is 0 Å². The number of hydrogen-bond donors (Lipinski definition) is 1. The highest BCUT2D eigenvalue weighted by Gasteiger charge is 2.14. The fraction of sp³-hybridized carbons (Fsp3) is 0.182. The molecule has 0 bridgehead atoms. The van der Waals surface area contributed by atoms with Gasteiger partial charge < -0.3 is 5.11 Å². The Morgan fingerprint density at radius 1 is 1.44 bits per heavy atom. The van der Waals surface area contributed by atoms with Crippen LogP contribution in [0.5, 0.6) is 0 Å². The molecule has 0 aliphatic rings. The molecule has 1 atom stereocenters. The van der Waals surface area contributed by atoms with Gasteiger partial charge in [-0.05, 0) is 11.6 Å². The van der Waals surface area contributed by atoms with Crippen molar-refractivity contribution >= 4 is 12.0 Å². The SMILES string of the molecule is CC(c1ccc(/C=C/C(=O)O)cc1)[N+](=O)[O-]. The van der Waals surface area contributed by atoms with Gasteiger partial charge >= 0.3 is 5.97 Å². The molecule has 0 amide bonds. The number of aliphatic carboxylic acids is 1. The zero-order valence-electron chi connectivity index (χ0n) is 8.66. The highest BCUT2D eigenvalue weighted by Crippen LogP contribution is 2.16. The minimum Gasteiger partial charge on any atom is -0.478 e. The summed E-state index contributed by atoms with van der Waals surface area (Å²) in [6.07, 6.45) is 2.45. The molecule has 0 aliphatic carbocycles. The average Bonchev–Trinajstić information content (AvgIpc) is 2.26. The Balaban J connectivity index is 2.83. The minimum atomic E-state index is -1.03.